The number of primary amides is 1. The molecule has 1 heterocycles. The van der Waals surface area contributed by atoms with E-state index < -0.39 is 5.91 Å². The van der Waals surface area contributed by atoms with E-state index in [1.807, 2.05) is 49.4 Å². The summed E-state index contributed by atoms with van der Waals surface area (Å²) in [6.45, 7) is 2.02. The van der Waals surface area contributed by atoms with E-state index in [9.17, 15) is 4.79 Å². The van der Waals surface area contributed by atoms with Crippen LogP contribution in [0.4, 0.5) is 0 Å². The molecule has 0 radical (unpaired) electrons. The van der Waals surface area contributed by atoms with Crippen LogP contribution in [0.15, 0.2) is 48.7 Å². The van der Waals surface area contributed by atoms with Gasteiger partial charge in [-0.2, -0.15) is 0 Å². The second-order valence-electron chi connectivity index (χ2n) is 4.92. The fraction of sp³-hybridized carbons (Fsp3) is 0.0588. The third-order valence-electron chi connectivity index (χ3n) is 3.51. The lowest BCUT2D eigenvalue weighted by Crippen LogP contribution is -2.13. The zero-order chi connectivity index (χ0) is 15.0. The van der Waals surface area contributed by atoms with Gasteiger partial charge >= 0.3 is 0 Å². The molecule has 0 aliphatic heterocycles. The van der Waals surface area contributed by atoms with Crippen molar-refractivity contribution in [3.05, 3.63) is 64.9 Å². The lowest BCUT2D eigenvalue weighted by Gasteiger charge is -2.09. The van der Waals surface area contributed by atoms with Gasteiger partial charge < -0.3 is 5.73 Å². The molecule has 4 heteroatoms. The molecule has 21 heavy (non-hydrogen) atoms. The van der Waals surface area contributed by atoms with Crippen molar-refractivity contribution < 1.29 is 4.79 Å². The summed E-state index contributed by atoms with van der Waals surface area (Å²) in [7, 11) is 0. The molecule has 3 aromatic rings. The van der Waals surface area contributed by atoms with Gasteiger partial charge in [-0.05, 0) is 53.3 Å². The molecular weight excluding hydrogens is 284 g/mol. The minimum Gasteiger partial charge on any atom is -0.364 e. The van der Waals surface area contributed by atoms with Crippen LogP contribution in [0.5, 0.6) is 0 Å². The van der Waals surface area contributed by atoms with Crippen LogP contribution in [-0.2, 0) is 0 Å². The maximum absolute atomic E-state index is 11.5. The van der Waals surface area contributed by atoms with E-state index in [1.165, 1.54) is 0 Å². The molecule has 1 aromatic heterocycles. The van der Waals surface area contributed by atoms with Gasteiger partial charge in [-0.15, -0.1) is 0 Å². The number of pyridine rings is 1. The molecule has 0 atom stereocenters. The topological polar surface area (TPSA) is 56.0 Å². The molecule has 2 N–H and O–H groups in total. The summed E-state index contributed by atoms with van der Waals surface area (Å²) in [6, 6.07) is 13.5. The first-order chi connectivity index (χ1) is 10.1. The van der Waals surface area contributed by atoms with Crippen LogP contribution in [0, 0.1) is 6.92 Å². The van der Waals surface area contributed by atoms with E-state index in [1.54, 1.807) is 6.20 Å². The Bertz CT molecular complexity index is 859. The number of hydrogen-bond donors (Lipinski definition) is 1. The summed E-state index contributed by atoms with van der Waals surface area (Å²) >= 11 is 6.08. The van der Waals surface area contributed by atoms with Gasteiger partial charge in [0.1, 0.15) is 5.69 Å². The van der Waals surface area contributed by atoms with Crippen LogP contribution in [0.2, 0.25) is 5.02 Å². The fourth-order valence-corrected chi connectivity index (χ4v) is 2.61. The molecule has 0 spiro atoms. The fourth-order valence-electron chi connectivity index (χ4n) is 2.44. The third kappa shape index (κ3) is 2.48. The number of aryl methyl sites for hydroxylation is 1. The predicted octanol–water partition coefficient (Wildman–Crippen LogP) is 3.96. The Morgan fingerprint density at radius 2 is 1.95 bits per heavy atom. The number of nitrogens with two attached hydrogens (primary N) is 1. The summed E-state index contributed by atoms with van der Waals surface area (Å²) < 4.78 is 0. The van der Waals surface area contributed by atoms with Crippen molar-refractivity contribution >= 4 is 28.3 Å². The molecule has 3 rings (SSSR count). The summed E-state index contributed by atoms with van der Waals surface area (Å²) in [5.41, 5.74) is 8.82. The van der Waals surface area contributed by atoms with Crippen molar-refractivity contribution in [2.75, 3.05) is 0 Å². The van der Waals surface area contributed by atoms with Crippen LogP contribution in [-0.4, -0.2) is 10.9 Å². The monoisotopic (exact) mass is 296 g/mol. The molecule has 1 amide bonds. The Labute approximate surface area is 127 Å². The van der Waals surface area contributed by atoms with Crippen molar-refractivity contribution in [1.82, 2.24) is 4.98 Å². The number of carbonyl (C=O) groups is 1. The van der Waals surface area contributed by atoms with E-state index in [0.29, 0.717) is 5.02 Å². The number of nitrogens with zero attached hydrogens (tertiary/aromatic N) is 1. The molecule has 3 nitrogen and oxygen atoms in total. The van der Waals surface area contributed by atoms with E-state index in [-0.39, 0.29) is 5.69 Å². The zero-order valence-electron chi connectivity index (χ0n) is 11.4. The van der Waals surface area contributed by atoms with Crippen molar-refractivity contribution in [3.63, 3.8) is 0 Å². The number of hydrogen-bond acceptors (Lipinski definition) is 2. The Kier molecular flexibility index (Phi) is 3.35. The highest BCUT2D eigenvalue weighted by molar-refractivity contribution is 6.30. The molecule has 0 bridgehead atoms. The number of carbonyl (C=O) groups excluding carboxylic acids is 1. The molecule has 0 aliphatic rings. The number of amides is 1. The largest absolute Gasteiger partial charge is 0.364 e. The van der Waals surface area contributed by atoms with E-state index in [2.05, 4.69) is 4.98 Å². The number of benzene rings is 2. The van der Waals surface area contributed by atoms with Crippen molar-refractivity contribution in [2.45, 2.75) is 6.92 Å². The summed E-state index contributed by atoms with van der Waals surface area (Å²) in [6.07, 6.45) is 1.59. The quantitative estimate of drug-likeness (QED) is 0.778. The molecule has 0 saturated carbocycles. The van der Waals surface area contributed by atoms with Gasteiger partial charge in [0, 0.05) is 16.6 Å². The van der Waals surface area contributed by atoms with E-state index >= 15 is 0 Å². The number of fused-ring (bicyclic) bond motifs is 1. The standard InChI is InChI=1S/C17H13ClN2O/c1-10-2-5-13(18)9-14(10)12-4-3-11-6-7-20-16(17(19)21)15(11)8-12/h2-9H,1H3,(H2,19,21). The third-order valence-corrected chi connectivity index (χ3v) is 3.75. The average Bonchev–Trinajstić information content (AvgIpc) is 2.48. The van der Waals surface area contributed by atoms with Crippen LogP contribution in [0.1, 0.15) is 16.1 Å². The number of halogens is 1. The maximum Gasteiger partial charge on any atom is 0.267 e. The molecule has 0 fully saturated rings. The van der Waals surface area contributed by atoms with E-state index in [0.717, 1.165) is 27.5 Å². The Morgan fingerprint density at radius 3 is 2.71 bits per heavy atom. The van der Waals surface area contributed by atoms with Crippen molar-refractivity contribution in [1.29, 1.82) is 0 Å². The number of rotatable bonds is 2. The van der Waals surface area contributed by atoms with E-state index in [4.69, 9.17) is 17.3 Å². The number of aromatic nitrogens is 1. The van der Waals surface area contributed by atoms with Crippen LogP contribution >= 0.6 is 11.6 Å². The highest BCUT2D eigenvalue weighted by Gasteiger charge is 2.10. The van der Waals surface area contributed by atoms with Crippen molar-refractivity contribution in [2.24, 2.45) is 5.73 Å². The molecule has 0 unspecified atom stereocenters. The lowest BCUT2D eigenvalue weighted by atomic mass is 9.97. The second-order valence-corrected chi connectivity index (χ2v) is 5.36. The van der Waals surface area contributed by atoms with Gasteiger partial charge in [0.05, 0.1) is 0 Å². The Balaban J connectivity index is 2.28. The van der Waals surface area contributed by atoms with Crippen LogP contribution < -0.4 is 5.73 Å². The smallest absolute Gasteiger partial charge is 0.267 e. The predicted molar refractivity (Wildman–Crippen MR) is 85.4 cm³/mol. The molecule has 0 saturated heterocycles. The maximum atomic E-state index is 11.5. The normalized spacial score (nSPS) is 10.8. The molecule has 2 aromatic carbocycles. The lowest BCUT2D eigenvalue weighted by molar-refractivity contribution is 0.0997. The summed E-state index contributed by atoms with van der Waals surface area (Å²) in [5.74, 6) is -0.527. The second kappa shape index (κ2) is 5.19. The van der Waals surface area contributed by atoms with Crippen molar-refractivity contribution in [3.8, 4) is 11.1 Å². The minimum atomic E-state index is -0.527. The van der Waals surface area contributed by atoms with Gasteiger partial charge in [-0.1, -0.05) is 29.8 Å². The minimum absolute atomic E-state index is 0.286. The highest BCUT2D eigenvalue weighted by atomic mass is 35.5. The highest BCUT2D eigenvalue weighted by Crippen LogP contribution is 2.30. The van der Waals surface area contributed by atoms with Gasteiger partial charge in [0.2, 0.25) is 0 Å². The zero-order valence-corrected chi connectivity index (χ0v) is 12.2. The van der Waals surface area contributed by atoms with Gasteiger partial charge in [-0.25, -0.2) is 0 Å². The SMILES string of the molecule is Cc1ccc(Cl)cc1-c1ccc2ccnc(C(N)=O)c2c1. The summed E-state index contributed by atoms with van der Waals surface area (Å²) in [5, 5.41) is 2.36. The molecule has 0 aliphatic carbocycles. The average molecular weight is 297 g/mol. The van der Waals surface area contributed by atoms with Gasteiger partial charge in [0.25, 0.3) is 5.91 Å². The molecular formula is C17H13ClN2O. The van der Waals surface area contributed by atoms with Gasteiger partial charge in [0.15, 0.2) is 0 Å². The van der Waals surface area contributed by atoms with Crippen LogP contribution in [0.3, 0.4) is 0 Å². The van der Waals surface area contributed by atoms with Crippen LogP contribution in [0.25, 0.3) is 21.9 Å². The first-order valence-electron chi connectivity index (χ1n) is 6.51. The van der Waals surface area contributed by atoms with Gasteiger partial charge in [-0.3, -0.25) is 9.78 Å². The first kappa shape index (κ1) is 13.6. The summed E-state index contributed by atoms with van der Waals surface area (Å²) in [4.78, 5) is 15.6. The molecule has 104 valence electrons. The Morgan fingerprint density at radius 1 is 1.14 bits per heavy atom. The Hall–Kier alpha value is -2.39. The first-order valence-corrected chi connectivity index (χ1v) is 6.89.